The van der Waals surface area contributed by atoms with Crippen LogP contribution in [0.1, 0.15) is 24.4 Å². The molecule has 31 heavy (non-hydrogen) atoms. The van der Waals surface area contributed by atoms with Gasteiger partial charge in [-0.15, -0.1) is 0 Å². The molecule has 0 saturated carbocycles. The number of nitrogen functional groups attached to an aromatic ring is 2. The molecule has 4 rings (SSSR count). The summed E-state index contributed by atoms with van der Waals surface area (Å²) >= 11 is 6.15. The quantitative estimate of drug-likeness (QED) is 0.368. The Morgan fingerprint density at radius 3 is 2.77 bits per heavy atom. The number of H-pyrrole nitrogens is 1. The maximum absolute atomic E-state index is 13.9. The molecule has 1 aromatic carbocycles. The van der Waals surface area contributed by atoms with Crippen LogP contribution in [0, 0.1) is 17.1 Å². The Morgan fingerprint density at radius 1 is 1.32 bits per heavy atom. The Kier molecular flexibility index (Phi) is 4.88. The van der Waals surface area contributed by atoms with E-state index in [1.54, 1.807) is 13.0 Å². The van der Waals surface area contributed by atoms with E-state index < -0.39 is 17.4 Å². The van der Waals surface area contributed by atoms with Gasteiger partial charge in [-0.2, -0.15) is 20.3 Å². The van der Waals surface area contributed by atoms with Crippen molar-refractivity contribution >= 4 is 40.1 Å². The third kappa shape index (κ3) is 3.47. The number of anilines is 3. The number of nitriles is 1. The second-order valence-electron chi connectivity index (χ2n) is 6.50. The Bertz CT molecular complexity index is 1410. The van der Waals surface area contributed by atoms with E-state index in [9.17, 15) is 14.4 Å². The SMILES string of the molecule is C[C@H](Nc1nc(N)nc(N)c1C#N)c1nc2c(Cl)cc(F)cc2c(=O)n1-c1ccn[nH]1. The molecule has 0 aliphatic carbocycles. The van der Waals surface area contributed by atoms with Crippen LogP contribution in [0.15, 0.2) is 29.2 Å². The van der Waals surface area contributed by atoms with Gasteiger partial charge in [0.2, 0.25) is 5.95 Å². The zero-order chi connectivity index (χ0) is 22.3. The van der Waals surface area contributed by atoms with Crippen LogP contribution in [-0.4, -0.2) is 29.7 Å². The summed E-state index contributed by atoms with van der Waals surface area (Å²) in [6.45, 7) is 1.67. The van der Waals surface area contributed by atoms with Gasteiger partial charge in [-0.3, -0.25) is 9.89 Å². The van der Waals surface area contributed by atoms with E-state index in [1.165, 1.54) is 10.8 Å². The molecule has 0 fully saturated rings. The van der Waals surface area contributed by atoms with Crippen molar-refractivity contribution in [2.75, 3.05) is 16.8 Å². The van der Waals surface area contributed by atoms with Crippen LogP contribution in [0.5, 0.6) is 0 Å². The van der Waals surface area contributed by atoms with E-state index in [2.05, 4.69) is 30.5 Å². The Morgan fingerprint density at radius 2 is 2.10 bits per heavy atom. The average molecular weight is 441 g/mol. The van der Waals surface area contributed by atoms with Crippen molar-refractivity contribution < 1.29 is 4.39 Å². The third-order valence-electron chi connectivity index (χ3n) is 4.45. The van der Waals surface area contributed by atoms with Gasteiger partial charge < -0.3 is 16.8 Å². The summed E-state index contributed by atoms with van der Waals surface area (Å²) < 4.78 is 15.1. The van der Waals surface area contributed by atoms with Gasteiger partial charge in [-0.05, 0) is 19.1 Å². The molecule has 3 heterocycles. The van der Waals surface area contributed by atoms with E-state index in [-0.39, 0.29) is 44.9 Å². The average Bonchev–Trinajstić information content (AvgIpc) is 3.22. The van der Waals surface area contributed by atoms with Crippen LogP contribution in [0.3, 0.4) is 0 Å². The number of fused-ring (bicyclic) bond motifs is 1. The molecular formula is C18H14ClFN10O. The number of halogens is 2. The molecule has 0 bridgehead atoms. The summed E-state index contributed by atoms with van der Waals surface area (Å²) in [5.41, 5.74) is 10.9. The largest absolute Gasteiger partial charge is 0.382 e. The summed E-state index contributed by atoms with van der Waals surface area (Å²) in [4.78, 5) is 25.5. The monoisotopic (exact) mass is 440 g/mol. The zero-order valence-electron chi connectivity index (χ0n) is 15.9. The van der Waals surface area contributed by atoms with Crippen molar-refractivity contribution in [3.05, 3.63) is 57.0 Å². The molecule has 0 radical (unpaired) electrons. The fraction of sp³-hybridized carbons (Fsp3) is 0.111. The van der Waals surface area contributed by atoms with Crippen LogP contribution in [0.4, 0.5) is 22.0 Å². The minimum Gasteiger partial charge on any atom is -0.382 e. The highest BCUT2D eigenvalue weighted by Gasteiger charge is 2.22. The van der Waals surface area contributed by atoms with Gasteiger partial charge in [-0.25, -0.2) is 13.9 Å². The lowest BCUT2D eigenvalue weighted by Crippen LogP contribution is -2.28. The number of aromatic nitrogens is 6. The second kappa shape index (κ2) is 7.54. The number of rotatable bonds is 4. The summed E-state index contributed by atoms with van der Waals surface area (Å²) in [5.74, 6) is -0.351. The molecule has 0 spiro atoms. The molecule has 4 aromatic rings. The van der Waals surface area contributed by atoms with Gasteiger partial charge in [0.25, 0.3) is 5.56 Å². The van der Waals surface area contributed by atoms with Crippen LogP contribution < -0.4 is 22.3 Å². The molecule has 0 amide bonds. The van der Waals surface area contributed by atoms with Crippen molar-refractivity contribution in [1.29, 1.82) is 5.26 Å². The van der Waals surface area contributed by atoms with Crippen molar-refractivity contribution in [3.8, 4) is 11.9 Å². The molecule has 13 heteroatoms. The standard InChI is InChI=1S/C18H14ClFN10O/c1-7(25-15-10(6-21)14(22)27-18(23)28-15)16-26-13-9(4-8(20)5-11(13)19)17(31)30(16)12-2-3-24-29-12/h2-5,7H,1H3,(H,24,29)(H5,22,23,25,27,28)/t7-/m0/s1. The summed E-state index contributed by atoms with van der Waals surface area (Å²) in [7, 11) is 0. The van der Waals surface area contributed by atoms with Crippen LogP contribution >= 0.6 is 11.6 Å². The van der Waals surface area contributed by atoms with E-state index in [0.29, 0.717) is 5.82 Å². The van der Waals surface area contributed by atoms with E-state index in [1.807, 2.05) is 6.07 Å². The number of benzene rings is 1. The molecule has 0 saturated heterocycles. The maximum Gasteiger partial charge on any atom is 0.267 e. The number of nitrogens with zero attached hydrogens (tertiary/aromatic N) is 6. The summed E-state index contributed by atoms with van der Waals surface area (Å²) in [5, 5.41) is 18.9. The van der Waals surface area contributed by atoms with Gasteiger partial charge in [0, 0.05) is 6.07 Å². The molecular weight excluding hydrogens is 427 g/mol. The maximum atomic E-state index is 13.9. The predicted molar refractivity (Wildman–Crippen MR) is 112 cm³/mol. The normalized spacial score (nSPS) is 11.9. The van der Waals surface area contributed by atoms with Crippen molar-refractivity contribution in [2.45, 2.75) is 13.0 Å². The lowest BCUT2D eigenvalue weighted by atomic mass is 10.2. The molecule has 0 aliphatic rings. The fourth-order valence-electron chi connectivity index (χ4n) is 3.11. The van der Waals surface area contributed by atoms with E-state index >= 15 is 0 Å². The van der Waals surface area contributed by atoms with Crippen LogP contribution in [-0.2, 0) is 0 Å². The number of hydrogen-bond acceptors (Lipinski definition) is 9. The highest BCUT2D eigenvalue weighted by molar-refractivity contribution is 6.35. The minimum absolute atomic E-state index is 0.0104. The molecule has 6 N–H and O–H groups in total. The summed E-state index contributed by atoms with van der Waals surface area (Å²) in [6, 6.07) is 4.88. The topological polar surface area (TPSA) is 177 Å². The van der Waals surface area contributed by atoms with Gasteiger partial charge in [0.15, 0.2) is 5.82 Å². The Balaban J connectivity index is 1.94. The minimum atomic E-state index is -0.706. The van der Waals surface area contributed by atoms with Crippen molar-refractivity contribution in [1.82, 2.24) is 29.7 Å². The molecule has 3 aromatic heterocycles. The Labute approximate surface area is 178 Å². The lowest BCUT2D eigenvalue weighted by Gasteiger charge is -2.20. The van der Waals surface area contributed by atoms with E-state index in [0.717, 1.165) is 12.1 Å². The Hall–Kier alpha value is -4.24. The first-order valence-corrected chi connectivity index (χ1v) is 9.19. The predicted octanol–water partition coefficient (Wildman–Crippen LogP) is 1.90. The van der Waals surface area contributed by atoms with Crippen molar-refractivity contribution in [3.63, 3.8) is 0 Å². The molecule has 156 valence electrons. The van der Waals surface area contributed by atoms with Crippen LogP contribution in [0.25, 0.3) is 16.7 Å². The first-order valence-electron chi connectivity index (χ1n) is 8.81. The lowest BCUT2D eigenvalue weighted by molar-refractivity contribution is 0.629. The smallest absolute Gasteiger partial charge is 0.267 e. The number of nitrogens with one attached hydrogen (secondary N) is 2. The third-order valence-corrected chi connectivity index (χ3v) is 4.74. The van der Waals surface area contributed by atoms with Gasteiger partial charge >= 0.3 is 0 Å². The zero-order valence-corrected chi connectivity index (χ0v) is 16.6. The number of nitrogens with two attached hydrogens (primary N) is 2. The van der Waals surface area contributed by atoms with Gasteiger partial charge in [0.05, 0.1) is 28.2 Å². The first kappa shape index (κ1) is 20.0. The van der Waals surface area contributed by atoms with Gasteiger partial charge in [-0.1, -0.05) is 11.6 Å². The highest BCUT2D eigenvalue weighted by Crippen LogP contribution is 2.27. The first-order chi connectivity index (χ1) is 14.8. The summed E-state index contributed by atoms with van der Waals surface area (Å²) in [6.07, 6.45) is 1.45. The number of aromatic amines is 1. The van der Waals surface area contributed by atoms with Crippen molar-refractivity contribution in [2.24, 2.45) is 0 Å². The van der Waals surface area contributed by atoms with Crippen LogP contribution in [0.2, 0.25) is 5.02 Å². The fourth-order valence-corrected chi connectivity index (χ4v) is 3.36. The molecule has 1 atom stereocenters. The second-order valence-corrected chi connectivity index (χ2v) is 6.91. The highest BCUT2D eigenvalue weighted by atomic mass is 35.5. The molecule has 0 aliphatic heterocycles. The van der Waals surface area contributed by atoms with Gasteiger partial charge in [0.1, 0.15) is 34.9 Å². The molecule has 0 unspecified atom stereocenters. The number of hydrogen-bond donors (Lipinski definition) is 4. The molecule has 11 nitrogen and oxygen atoms in total. The van der Waals surface area contributed by atoms with E-state index in [4.69, 9.17) is 23.1 Å².